The molecule has 1 aromatic carbocycles. The first-order chi connectivity index (χ1) is 8.71. The van der Waals surface area contributed by atoms with Crippen LogP contribution in [-0.4, -0.2) is 40.5 Å². The zero-order chi connectivity index (χ0) is 13.4. The molecule has 0 aliphatic heterocycles. The summed E-state index contributed by atoms with van der Waals surface area (Å²) in [6.07, 6.45) is 0. The highest BCUT2D eigenvalue weighted by Gasteiger charge is 2.09. The number of ether oxygens (including phenoxy) is 2. The lowest BCUT2D eigenvalue weighted by atomic mass is 10.2. The van der Waals surface area contributed by atoms with Gasteiger partial charge < -0.3 is 14.4 Å². The lowest BCUT2D eigenvalue weighted by Crippen LogP contribution is -2.30. The summed E-state index contributed by atoms with van der Waals surface area (Å²) in [6.45, 7) is 2.53. The second-order valence-corrected chi connectivity index (χ2v) is 4.19. The topological polar surface area (TPSA) is 21.7 Å². The Morgan fingerprint density at radius 3 is 2.22 bits per heavy atom. The molecule has 0 N–H and O–H groups in total. The van der Waals surface area contributed by atoms with Crippen LogP contribution in [0.3, 0.4) is 0 Å². The third-order valence-electron chi connectivity index (χ3n) is 2.59. The first kappa shape index (κ1) is 15.2. The first-order valence-electron chi connectivity index (χ1n) is 5.79. The molecule has 5 heteroatoms. The number of rotatable bonds is 8. The van der Waals surface area contributed by atoms with E-state index in [9.17, 15) is 4.39 Å². The maximum absolute atomic E-state index is 13.5. The molecular formula is C13H19ClFNO2. The van der Waals surface area contributed by atoms with Gasteiger partial charge in [0.05, 0.1) is 13.2 Å². The number of methoxy groups -OCH3 is 2. The number of alkyl halides is 1. The van der Waals surface area contributed by atoms with Crippen molar-refractivity contribution < 1.29 is 13.9 Å². The molecule has 18 heavy (non-hydrogen) atoms. The van der Waals surface area contributed by atoms with E-state index >= 15 is 0 Å². The fraction of sp³-hybridized carbons (Fsp3) is 0.538. The zero-order valence-corrected chi connectivity index (χ0v) is 11.5. The van der Waals surface area contributed by atoms with E-state index in [1.54, 1.807) is 14.2 Å². The van der Waals surface area contributed by atoms with Gasteiger partial charge in [-0.3, -0.25) is 0 Å². The first-order valence-corrected chi connectivity index (χ1v) is 6.33. The van der Waals surface area contributed by atoms with E-state index in [0.29, 0.717) is 32.2 Å². The fourth-order valence-corrected chi connectivity index (χ4v) is 1.82. The number of benzene rings is 1. The third-order valence-corrected chi connectivity index (χ3v) is 2.90. The van der Waals surface area contributed by atoms with Crippen molar-refractivity contribution in [2.75, 3.05) is 45.4 Å². The van der Waals surface area contributed by atoms with Crippen LogP contribution in [-0.2, 0) is 15.4 Å². The van der Waals surface area contributed by atoms with Crippen LogP contribution >= 0.6 is 11.6 Å². The van der Waals surface area contributed by atoms with Gasteiger partial charge in [0.25, 0.3) is 0 Å². The average molecular weight is 276 g/mol. The van der Waals surface area contributed by atoms with E-state index < -0.39 is 0 Å². The third kappa shape index (κ3) is 4.80. The van der Waals surface area contributed by atoms with Crippen LogP contribution in [0.4, 0.5) is 10.1 Å². The van der Waals surface area contributed by atoms with Crippen molar-refractivity contribution in [1.29, 1.82) is 0 Å². The minimum Gasteiger partial charge on any atom is -0.383 e. The highest BCUT2D eigenvalue weighted by atomic mass is 35.5. The standard InChI is InChI=1S/C13H19ClFNO2/c1-17-5-3-16(4-6-18-2)13-8-11(10-14)7-12(15)9-13/h7-9H,3-6,10H2,1-2H3. The predicted octanol–water partition coefficient (Wildman–Crippen LogP) is 2.66. The summed E-state index contributed by atoms with van der Waals surface area (Å²) in [5.41, 5.74) is 1.58. The van der Waals surface area contributed by atoms with Gasteiger partial charge in [0.2, 0.25) is 0 Å². The van der Waals surface area contributed by atoms with E-state index in [1.165, 1.54) is 12.1 Å². The average Bonchev–Trinajstić information content (AvgIpc) is 2.38. The molecule has 0 saturated carbocycles. The minimum atomic E-state index is -0.275. The molecule has 0 aromatic heterocycles. The number of hydrogen-bond donors (Lipinski definition) is 0. The predicted molar refractivity (Wildman–Crippen MR) is 71.9 cm³/mol. The molecule has 1 rings (SSSR count). The summed E-state index contributed by atoms with van der Waals surface area (Å²) in [6, 6.07) is 4.84. The molecule has 0 bridgehead atoms. The van der Waals surface area contributed by atoms with Crippen LogP contribution in [0.1, 0.15) is 5.56 Å². The van der Waals surface area contributed by atoms with Crippen LogP contribution in [0.15, 0.2) is 18.2 Å². The highest BCUT2D eigenvalue weighted by Crippen LogP contribution is 2.19. The van der Waals surface area contributed by atoms with Crippen molar-refractivity contribution in [3.05, 3.63) is 29.6 Å². The van der Waals surface area contributed by atoms with Gasteiger partial charge in [-0.05, 0) is 23.8 Å². The Hall–Kier alpha value is -0.840. The van der Waals surface area contributed by atoms with Gasteiger partial charge in [0, 0.05) is 38.9 Å². The van der Waals surface area contributed by atoms with Crippen molar-refractivity contribution in [2.45, 2.75) is 5.88 Å². The molecular weight excluding hydrogens is 257 g/mol. The maximum Gasteiger partial charge on any atom is 0.125 e. The molecule has 0 saturated heterocycles. The molecule has 0 aliphatic rings. The molecule has 0 aliphatic carbocycles. The summed E-state index contributed by atoms with van der Waals surface area (Å²) >= 11 is 5.75. The Morgan fingerprint density at radius 1 is 1.11 bits per heavy atom. The normalized spacial score (nSPS) is 10.7. The van der Waals surface area contributed by atoms with E-state index in [0.717, 1.165) is 11.3 Å². The van der Waals surface area contributed by atoms with Crippen LogP contribution in [0.2, 0.25) is 0 Å². The van der Waals surface area contributed by atoms with E-state index in [-0.39, 0.29) is 5.82 Å². The zero-order valence-electron chi connectivity index (χ0n) is 10.8. The molecule has 0 heterocycles. The Kier molecular flexibility index (Phi) is 7.01. The quantitative estimate of drug-likeness (QED) is 0.681. The van der Waals surface area contributed by atoms with Crippen LogP contribution in [0.5, 0.6) is 0 Å². The number of nitrogens with zero attached hydrogens (tertiary/aromatic N) is 1. The molecule has 0 amide bonds. The molecule has 3 nitrogen and oxygen atoms in total. The van der Waals surface area contributed by atoms with Gasteiger partial charge >= 0.3 is 0 Å². The highest BCUT2D eigenvalue weighted by molar-refractivity contribution is 6.17. The summed E-state index contributed by atoms with van der Waals surface area (Å²) in [5, 5.41) is 0. The van der Waals surface area contributed by atoms with E-state index in [1.807, 2.05) is 11.0 Å². The number of halogens is 2. The van der Waals surface area contributed by atoms with Gasteiger partial charge in [-0.2, -0.15) is 0 Å². The van der Waals surface area contributed by atoms with Crippen molar-refractivity contribution in [1.82, 2.24) is 0 Å². The van der Waals surface area contributed by atoms with Crippen LogP contribution in [0, 0.1) is 5.82 Å². The SMILES string of the molecule is COCCN(CCOC)c1cc(F)cc(CCl)c1. The monoisotopic (exact) mass is 275 g/mol. The second-order valence-electron chi connectivity index (χ2n) is 3.92. The summed E-state index contributed by atoms with van der Waals surface area (Å²) in [4.78, 5) is 2.02. The van der Waals surface area contributed by atoms with Crippen molar-refractivity contribution in [3.8, 4) is 0 Å². The Balaban J connectivity index is 2.84. The summed E-state index contributed by atoms with van der Waals surface area (Å²) in [5.74, 6) is 0.0238. The molecule has 1 aromatic rings. The fourth-order valence-electron chi connectivity index (χ4n) is 1.67. The molecule has 102 valence electrons. The Labute approximate surface area is 112 Å². The van der Waals surface area contributed by atoms with Gasteiger partial charge in [-0.15, -0.1) is 11.6 Å². The number of hydrogen-bond acceptors (Lipinski definition) is 3. The van der Waals surface area contributed by atoms with Gasteiger partial charge in [-0.1, -0.05) is 0 Å². The molecule has 0 atom stereocenters. The van der Waals surface area contributed by atoms with Gasteiger partial charge in [-0.25, -0.2) is 4.39 Å². The Morgan fingerprint density at radius 2 is 1.72 bits per heavy atom. The van der Waals surface area contributed by atoms with Gasteiger partial charge in [0.15, 0.2) is 0 Å². The second kappa shape index (κ2) is 8.29. The van der Waals surface area contributed by atoms with Gasteiger partial charge in [0.1, 0.15) is 5.82 Å². The molecule has 0 spiro atoms. The molecule has 0 unspecified atom stereocenters. The van der Waals surface area contributed by atoms with Crippen molar-refractivity contribution in [3.63, 3.8) is 0 Å². The largest absolute Gasteiger partial charge is 0.383 e. The van der Waals surface area contributed by atoms with E-state index in [2.05, 4.69) is 0 Å². The lowest BCUT2D eigenvalue weighted by Gasteiger charge is -2.24. The van der Waals surface area contributed by atoms with Crippen LogP contribution in [0.25, 0.3) is 0 Å². The minimum absolute atomic E-state index is 0.275. The van der Waals surface area contributed by atoms with E-state index in [4.69, 9.17) is 21.1 Å². The summed E-state index contributed by atoms with van der Waals surface area (Å²) in [7, 11) is 3.29. The van der Waals surface area contributed by atoms with Crippen molar-refractivity contribution in [2.24, 2.45) is 0 Å². The smallest absolute Gasteiger partial charge is 0.125 e. The lowest BCUT2D eigenvalue weighted by molar-refractivity contribution is 0.190. The summed E-state index contributed by atoms with van der Waals surface area (Å²) < 4.78 is 23.6. The molecule has 0 fully saturated rings. The Bertz CT molecular complexity index is 355. The number of anilines is 1. The van der Waals surface area contributed by atoms with Crippen LogP contribution < -0.4 is 4.90 Å². The maximum atomic E-state index is 13.5. The molecule has 0 radical (unpaired) electrons. The van der Waals surface area contributed by atoms with Crippen molar-refractivity contribution >= 4 is 17.3 Å².